The third-order valence-corrected chi connectivity index (χ3v) is 2.60. The zero-order valence-electron chi connectivity index (χ0n) is 8.42. The maximum atomic E-state index is 13.8. The zero-order valence-corrected chi connectivity index (χ0v) is 9.23. The van der Waals surface area contributed by atoms with Crippen molar-refractivity contribution in [3.05, 3.63) is 29.6 Å². The Morgan fingerprint density at radius 1 is 1.47 bits per heavy atom. The van der Waals surface area contributed by atoms with Gasteiger partial charge in [-0.15, -0.1) is 12.4 Å². The number of benzene rings is 1. The van der Waals surface area contributed by atoms with Crippen LogP contribution in [0.2, 0.25) is 0 Å². The van der Waals surface area contributed by atoms with Gasteiger partial charge >= 0.3 is 0 Å². The molecule has 1 aliphatic rings. The quantitative estimate of drug-likeness (QED) is 0.800. The highest BCUT2D eigenvalue weighted by Gasteiger charge is 2.37. The van der Waals surface area contributed by atoms with E-state index >= 15 is 0 Å². The first-order valence-corrected chi connectivity index (χ1v) is 4.50. The molecule has 2 rings (SSSR count). The van der Waals surface area contributed by atoms with Gasteiger partial charge in [-0.1, -0.05) is 12.1 Å². The van der Waals surface area contributed by atoms with Crippen LogP contribution in [-0.4, -0.2) is 20.2 Å². The summed E-state index contributed by atoms with van der Waals surface area (Å²) in [5, 5.41) is 3.03. The van der Waals surface area contributed by atoms with Crippen molar-refractivity contribution < 1.29 is 9.13 Å². The van der Waals surface area contributed by atoms with Crippen LogP contribution in [-0.2, 0) is 5.54 Å². The van der Waals surface area contributed by atoms with Crippen LogP contribution in [0.3, 0.4) is 0 Å². The van der Waals surface area contributed by atoms with E-state index in [9.17, 15) is 4.39 Å². The second-order valence-corrected chi connectivity index (χ2v) is 3.58. The predicted octanol–water partition coefficient (Wildman–Crippen LogP) is 1.01. The molecule has 1 aromatic carbocycles. The van der Waals surface area contributed by atoms with E-state index in [0.29, 0.717) is 18.7 Å². The number of halogens is 2. The molecule has 0 atom stereocenters. The lowest BCUT2D eigenvalue weighted by atomic mass is 9.85. The second-order valence-electron chi connectivity index (χ2n) is 3.58. The van der Waals surface area contributed by atoms with Gasteiger partial charge in [0.05, 0.1) is 12.6 Å². The molecule has 15 heavy (non-hydrogen) atoms. The molecule has 5 heteroatoms. The number of methoxy groups -OCH3 is 1. The Morgan fingerprint density at radius 3 is 2.60 bits per heavy atom. The van der Waals surface area contributed by atoms with Gasteiger partial charge in [-0.25, -0.2) is 4.39 Å². The number of hydrogen-bond acceptors (Lipinski definition) is 3. The van der Waals surface area contributed by atoms with Crippen LogP contribution in [0.4, 0.5) is 4.39 Å². The van der Waals surface area contributed by atoms with Crippen LogP contribution >= 0.6 is 12.4 Å². The summed E-state index contributed by atoms with van der Waals surface area (Å²) < 4.78 is 18.7. The van der Waals surface area contributed by atoms with Crippen molar-refractivity contribution in [2.24, 2.45) is 5.73 Å². The first kappa shape index (κ1) is 12.2. The molecule has 0 unspecified atom stereocenters. The number of nitrogens with one attached hydrogen (secondary N) is 1. The summed E-state index contributed by atoms with van der Waals surface area (Å²) in [6, 6.07) is 5.05. The van der Waals surface area contributed by atoms with Gasteiger partial charge in [0.2, 0.25) is 0 Å². The maximum absolute atomic E-state index is 13.8. The molecule has 0 bridgehead atoms. The van der Waals surface area contributed by atoms with E-state index in [4.69, 9.17) is 10.5 Å². The summed E-state index contributed by atoms with van der Waals surface area (Å²) in [4.78, 5) is 0. The van der Waals surface area contributed by atoms with Crippen LogP contribution in [0, 0.1) is 5.82 Å². The first-order chi connectivity index (χ1) is 6.67. The average Bonchev–Trinajstić information content (AvgIpc) is 2.15. The molecule has 3 N–H and O–H groups in total. The molecule has 0 aliphatic carbocycles. The fraction of sp³-hybridized carbons (Fsp3) is 0.400. The van der Waals surface area contributed by atoms with Crippen LogP contribution < -0.4 is 15.8 Å². The standard InChI is InChI=1S/C10H13FN2O.ClH/c1-14-8-4-2-3-7(9(8)11)10(12)5-13-6-10;/h2-4,13H,5-6,12H2,1H3;1H. The summed E-state index contributed by atoms with van der Waals surface area (Å²) in [5.74, 6) is -0.0989. The number of hydrogen-bond donors (Lipinski definition) is 2. The molecule has 0 radical (unpaired) electrons. The lowest BCUT2D eigenvalue weighted by Gasteiger charge is -2.39. The van der Waals surface area contributed by atoms with Crippen LogP contribution in [0.1, 0.15) is 5.56 Å². The van der Waals surface area contributed by atoms with E-state index in [2.05, 4.69) is 5.32 Å². The largest absolute Gasteiger partial charge is 0.494 e. The number of ether oxygens (including phenoxy) is 1. The van der Waals surface area contributed by atoms with E-state index < -0.39 is 5.54 Å². The molecule has 84 valence electrons. The Hall–Kier alpha value is -0.840. The summed E-state index contributed by atoms with van der Waals surface area (Å²) in [7, 11) is 1.45. The predicted molar refractivity (Wildman–Crippen MR) is 58.9 cm³/mol. The first-order valence-electron chi connectivity index (χ1n) is 4.50. The molecule has 3 nitrogen and oxygen atoms in total. The second kappa shape index (κ2) is 4.35. The number of rotatable bonds is 2. The molecular weight excluding hydrogens is 219 g/mol. The van der Waals surface area contributed by atoms with Crippen molar-refractivity contribution in [2.75, 3.05) is 20.2 Å². The molecule has 0 saturated carbocycles. The zero-order chi connectivity index (χ0) is 10.2. The fourth-order valence-electron chi connectivity index (χ4n) is 1.64. The van der Waals surface area contributed by atoms with Crippen molar-refractivity contribution in [3.63, 3.8) is 0 Å². The van der Waals surface area contributed by atoms with Crippen molar-refractivity contribution in [1.29, 1.82) is 0 Å². The molecule has 1 saturated heterocycles. The summed E-state index contributed by atoms with van der Waals surface area (Å²) >= 11 is 0. The highest BCUT2D eigenvalue weighted by molar-refractivity contribution is 5.85. The molecular formula is C10H14ClFN2O. The van der Waals surface area contributed by atoms with Gasteiger partial charge in [-0.05, 0) is 6.07 Å². The van der Waals surface area contributed by atoms with Gasteiger partial charge in [-0.3, -0.25) is 0 Å². The lowest BCUT2D eigenvalue weighted by molar-refractivity contribution is 0.273. The van der Waals surface area contributed by atoms with Gasteiger partial charge in [0, 0.05) is 18.7 Å². The summed E-state index contributed by atoms with van der Waals surface area (Å²) in [6.45, 7) is 1.22. The smallest absolute Gasteiger partial charge is 0.170 e. The average molecular weight is 233 g/mol. The van der Waals surface area contributed by atoms with E-state index in [0.717, 1.165) is 0 Å². The van der Waals surface area contributed by atoms with E-state index in [1.807, 2.05) is 0 Å². The van der Waals surface area contributed by atoms with Gasteiger partial charge in [-0.2, -0.15) is 0 Å². The van der Waals surface area contributed by atoms with Crippen LogP contribution in [0.15, 0.2) is 18.2 Å². The molecule has 0 amide bonds. The molecule has 0 aromatic heterocycles. The Morgan fingerprint density at radius 2 is 2.13 bits per heavy atom. The minimum absolute atomic E-state index is 0. The van der Waals surface area contributed by atoms with Crippen molar-refractivity contribution in [1.82, 2.24) is 5.32 Å². The third-order valence-electron chi connectivity index (χ3n) is 2.60. The van der Waals surface area contributed by atoms with Gasteiger partial charge in [0.15, 0.2) is 11.6 Å². The molecule has 1 aromatic rings. The Balaban J connectivity index is 0.00000112. The highest BCUT2D eigenvalue weighted by atomic mass is 35.5. The lowest BCUT2D eigenvalue weighted by Crippen LogP contribution is -2.63. The normalized spacial score (nSPS) is 17.5. The molecule has 1 fully saturated rings. The third kappa shape index (κ3) is 1.93. The van der Waals surface area contributed by atoms with Crippen LogP contribution in [0.5, 0.6) is 5.75 Å². The van der Waals surface area contributed by atoms with Crippen molar-refractivity contribution >= 4 is 12.4 Å². The molecule has 0 spiro atoms. The highest BCUT2D eigenvalue weighted by Crippen LogP contribution is 2.29. The van der Waals surface area contributed by atoms with E-state index in [-0.39, 0.29) is 24.0 Å². The topological polar surface area (TPSA) is 47.3 Å². The van der Waals surface area contributed by atoms with Crippen molar-refractivity contribution in [2.45, 2.75) is 5.54 Å². The molecule has 1 heterocycles. The van der Waals surface area contributed by atoms with E-state index in [1.54, 1.807) is 18.2 Å². The SMILES string of the molecule is COc1cccc(C2(N)CNC2)c1F.Cl. The Bertz CT molecular complexity index is 355. The van der Waals surface area contributed by atoms with Gasteiger partial charge < -0.3 is 15.8 Å². The number of nitrogens with two attached hydrogens (primary N) is 1. The summed E-state index contributed by atoms with van der Waals surface area (Å²) in [5.41, 5.74) is 5.94. The summed E-state index contributed by atoms with van der Waals surface area (Å²) in [6.07, 6.45) is 0. The minimum Gasteiger partial charge on any atom is -0.494 e. The maximum Gasteiger partial charge on any atom is 0.170 e. The van der Waals surface area contributed by atoms with Crippen LogP contribution in [0.25, 0.3) is 0 Å². The Kier molecular flexibility index (Phi) is 3.54. The fourth-order valence-corrected chi connectivity index (χ4v) is 1.64. The van der Waals surface area contributed by atoms with Gasteiger partial charge in [0.1, 0.15) is 0 Å². The molecule has 1 aliphatic heterocycles. The minimum atomic E-state index is -0.571. The van der Waals surface area contributed by atoms with E-state index in [1.165, 1.54) is 7.11 Å². The van der Waals surface area contributed by atoms with Crippen molar-refractivity contribution in [3.8, 4) is 5.75 Å². The Labute approximate surface area is 94.2 Å². The monoisotopic (exact) mass is 232 g/mol. The van der Waals surface area contributed by atoms with Gasteiger partial charge in [0.25, 0.3) is 0 Å².